The van der Waals surface area contributed by atoms with Crippen molar-refractivity contribution in [2.45, 2.75) is 86.1 Å². The highest BCUT2D eigenvalue weighted by molar-refractivity contribution is 5.57. The zero-order valence-corrected chi connectivity index (χ0v) is 36.4. The molecular formula is C44H58O21. The van der Waals surface area contributed by atoms with Crippen molar-refractivity contribution in [3.8, 4) is 46.0 Å². The summed E-state index contributed by atoms with van der Waals surface area (Å²) in [6.07, 6.45) is -16.7. The van der Waals surface area contributed by atoms with Gasteiger partial charge in [0.2, 0.25) is 24.1 Å². The highest BCUT2D eigenvalue weighted by atomic mass is 16.7. The van der Waals surface area contributed by atoms with Crippen LogP contribution in [0.4, 0.5) is 0 Å². The number of hydrogen-bond acceptors (Lipinski definition) is 21. The van der Waals surface area contributed by atoms with E-state index in [-0.39, 0.29) is 47.0 Å². The van der Waals surface area contributed by atoms with E-state index in [1.165, 1.54) is 35.5 Å². The number of ether oxygens (including phenoxy) is 12. The monoisotopic (exact) mass is 922 g/mol. The third-order valence-corrected chi connectivity index (χ3v) is 12.3. The van der Waals surface area contributed by atoms with Gasteiger partial charge in [-0.1, -0.05) is 12.1 Å². The van der Waals surface area contributed by atoms with Crippen LogP contribution in [0.2, 0.25) is 0 Å². The standard InChI is InChI=1S/C44H58O21/c1-54-26-9-7-19(40(58-5)42(26)65-44-37(53)35(51)33(49)31(16-47)64-44)10-22(14-45)61-41-28(56-3)12-21(13-29(41)57-4)39-24-18-59-38(23(24)17-60-39)20-6-8-25(27(11-20)55-2)62-43-36(52)34(50)32(48)30(15-46)63-43/h6-9,11-13,22-24,30-39,43-53H,10,14-18H2,1-5H3/t22-,23+,24+,30-,31-,32+,33+,34-,35+,36-,37+,38-,39-,43-,44-/m1/s1. The van der Waals surface area contributed by atoms with E-state index in [9.17, 15) is 46.0 Å². The summed E-state index contributed by atoms with van der Waals surface area (Å²) < 4.78 is 70.5. The van der Waals surface area contributed by atoms with E-state index < -0.39 is 99.5 Å². The molecule has 4 aliphatic rings. The number of benzene rings is 3. The van der Waals surface area contributed by atoms with E-state index in [0.29, 0.717) is 36.0 Å². The Bertz CT molecular complexity index is 2020. The van der Waals surface area contributed by atoms with Crippen molar-refractivity contribution in [2.24, 2.45) is 11.8 Å². The number of rotatable bonds is 18. The summed E-state index contributed by atoms with van der Waals surface area (Å²) in [4.78, 5) is 0. The average Bonchev–Trinajstić information content (AvgIpc) is 3.94. The predicted molar refractivity (Wildman–Crippen MR) is 220 cm³/mol. The molecule has 4 aliphatic heterocycles. The molecule has 21 heteroatoms. The van der Waals surface area contributed by atoms with Gasteiger partial charge in [0.25, 0.3) is 0 Å². The van der Waals surface area contributed by atoms with E-state index in [2.05, 4.69) is 0 Å². The van der Waals surface area contributed by atoms with Crippen LogP contribution >= 0.6 is 0 Å². The lowest BCUT2D eigenvalue weighted by Gasteiger charge is -2.39. The molecule has 9 N–H and O–H groups in total. The first-order valence-electron chi connectivity index (χ1n) is 21.0. The minimum atomic E-state index is -1.70. The molecular weight excluding hydrogens is 864 g/mol. The van der Waals surface area contributed by atoms with Gasteiger partial charge in [-0.05, 0) is 41.5 Å². The molecule has 15 atom stereocenters. The van der Waals surface area contributed by atoms with Crippen LogP contribution in [0.1, 0.15) is 28.9 Å². The molecule has 4 saturated heterocycles. The van der Waals surface area contributed by atoms with Gasteiger partial charge in [0.05, 0.1) is 80.8 Å². The highest BCUT2D eigenvalue weighted by Gasteiger charge is 2.50. The number of fused-ring (bicyclic) bond motifs is 1. The molecule has 21 nitrogen and oxygen atoms in total. The van der Waals surface area contributed by atoms with Gasteiger partial charge in [0.1, 0.15) is 54.9 Å². The molecule has 0 bridgehead atoms. The fraction of sp³-hybridized carbons (Fsp3) is 0.591. The molecule has 0 saturated carbocycles. The van der Waals surface area contributed by atoms with Gasteiger partial charge in [-0.15, -0.1) is 0 Å². The number of aliphatic hydroxyl groups is 9. The third kappa shape index (κ3) is 9.57. The number of aliphatic hydroxyl groups excluding tert-OH is 9. The van der Waals surface area contributed by atoms with Crippen molar-refractivity contribution in [3.63, 3.8) is 0 Å². The summed E-state index contributed by atoms with van der Waals surface area (Å²) >= 11 is 0. The molecule has 0 amide bonds. The lowest BCUT2D eigenvalue weighted by atomic mass is 9.84. The van der Waals surface area contributed by atoms with Gasteiger partial charge >= 0.3 is 0 Å². The Morgan fingerprint density at radius 1 is 0.523 bits per heavy atom. The van der Waals surface area contributed by atoms with Gasteiger partial charge in [-0.2, -0.15) is 0 Å². The van der Waals surface area contributed by atoms with Crippen LogP contribution in [0.25, 0.3) is 0 Å². The molecule has 0 unspecified atom stereocenters. The Kier molecular flexibility index (Phi) is 15.7. The van der Waals surface area contributed by atoms with Crippen molar-refractivity contribution in [3.05, 3.63) is 59.2 Å². The zero-order chi connectivity index (χ0) is 46.7. The lowest BCUT2D eigenvalue weighted by Crippen LogP contribution is -2.60. The predicted octanol–water partition coefficient (Wildman–Crippen LogP) is -0.855. The van der Waals surface area contributed by atoms with Gasteiger partial charge in [0, 0.05) is 23.8 Å². The van der Waals surface area contributed by atoms with Gasteiger partial charge in [0.15, 0.2) is 34.5 Å². The Labute approximate surface area is 374 Å². The summed E-state index contributed by atoms with van der Waals surface area (Å²) in [6.45, 7) is -1.02. The molecule has 3 aromatic carbocycles. The van der Waals surface area contributed by atoms with Crippen molar-refractivity contribution in [1.29, 1.82) is 0 Å². The molecule has 360 valence electrons. The molecule has 65 heavy (non-hydrogen) atoms. The van der Waals surface area contributed by atoms with Crippen molar-refractivity contribution < 1.29 is 103 Å². The summed E-state index contributed by atoms with van der Waals surface area (Å²) in [5.41, 5.74) is 1.99. The Morgan fingerprint density at radius 3 is 1.54 bits per heavy atom. The summed E-state index contributed by atoms with van der Waals surface area (Å²) in [6, 6.07) is 12.0. The van der Waals surface area contributed by atoms with Crippen molar-refractivity contribution >= 4 is 0 Å². The van der Waals surface area contributed by atoms with E-state index in [1.807, 2.05) is 0 Å². The van der Waals surface area contributed by atoms with E-state index in [0.717, 1.165) is 11.1 Å². The second-order valence-corrected chi connectivity index (χ2v) is 16.0. The maximum Gasteiger partial charge on any atom is 0.229 e. The largest absolute Gasteiger partial charge is 0.493 e. The summed E-state index contributed by atoms with van der Waals surface area (Å²) in [5.74, 6) is 1.41. The quantitative estimate of drug-likeness (QED) is 0.0751. The summed E-state index contributed by atoms with van der Waals surface area (Å²) in [5, 5.41) is 92.0. The topological polar surface area (TPSA) is 293 Å². The second kappa shape index (κ2) is 21.0. The molecule has 7 rings (SSSR count). The SMILES string of the molecule is COc1cc([C@H]2OC[C@H]3[C@@H]2CO[C@@H]3c2cc(OC)c(O[C@@H](CO)Cc3ccc(OC)c(O[C@H]4O[C@H](CO)[C@H](O)[C@H](O)[C@@H]4O)c3OC)c(OC)c2)ccc1O[C@@H]1O[C@H](CO)[C@H](O)[C@@H](O)[C@H]1O. The molecule has 4 heterocycles. The first-order chi connectivity index (χ1) is 31.3. The Balaban J connectivity index is 1.07. The van der Waals surface area contributed by atoms with Crippen LogP contribution in [0.15, 0.2) is 42.5 Å². The fourth-order valence-electron chi connectivity index (χ4n) is 8.74. The molecule has 4 fully saturated rings. The van der Waals surface area contributed by atoms with Gasteiger partial charge < -0.3 is 103 Å². The lowest BCUT2D eigenvalue weighted by molar-refractivity contribution is -0.277. The number of hydrogen-bond donors (Lipinski definition) is 9. The van der Waals surface area contributed by atoms with E-state index >= 15 is 0 Å². The average molecular weight is 923 g/mol. The van der Waals surface area contributed by atoms with Crippen molar-refractivity contribution in [1.82, 2.24) is 0 Å². The highest BCUT2D eigenvalue weighted by Crippen LogP contribution is 2.53. The Morgan fingerprint density at radius 2 is 1.03 bits per heavy atom. The van der Waals surface area contributed by atoms with Crippen LogP contribution in [0.5, 0.6) is 46.0 Å². The van der Waals surface area contributed by atoms with Crippen LogP contribution in [0, 0.1) is 11.8 Å². The van der Waals surface area contributed by atoms with Crippen molar-refractivity contribution in [2.75, 3.05) is 68.6 Å². The third-order valence-electron chi connectivity index (χ3n) is 12.3. The minimum absolute atomic E-state index is 0.0157. The fourth-order valence-corrected chi connectivity index (χ4v) is 8.74. The second-order valence-electron chi connectivity index (χ2n) is 16.0. The maximum atomic E-state index is 10.7. The maximum absolute atomic E-state index is 10.7. The van der Waals surface area contributed by atoms with Crippen LogP contribution in [-0.4, -0.2) is 182 Å². The van der Waals surface area contributed by atoms with Gasteiger partial charge in [-0.3, -0.25) is 0 Å². The van der Waals surface area contributed by atoms with Gasteiger partial charge in [-0.25, -0.2) is 0 Å². The van der Waals surface area contributed by atoms with Crippen LogP contribution in [-0.2, 0) is 25.4 Å². The minimum Gasteiger partial charge on any atom is -0.493 e. The van der Waals surface area contributed by atoms with E-state index in [4.69, 9.17) is 56.8 Å². The normalized spacial score (nSPS) is 32.6. The molecule has 0 aliphatic carbocycles. The number of methoxy groups -OCH3 is 5. The first kappa shape index (κ1) is 48.5. The zero-order valence-electron chi connectivity index (χ0n) is 36.4. The summed E-state index contributed by atoms with van der Waals surface area (Å²) in [7, 11) is 7.16. The smallest absolute Gasteiger partial charge is 0.229 e. The molecule has 3 aromatic rings. The molecule has 0 spiro atoms. The Hall–Kier alpha value is -4.46. The van der Waals surface area contributed by atoms with Crippen LogP contribution < -0.4 is 37.9 Å². The molecule has 0 radical (unpaired) electrons. The first-order valence-corrected chi connectivity index (χ1v) is 21.0. The van der Waals surface area contributed by atoms with Crippen LogP contribution in [0.3, 0.4) is 0 Å². The molecule has 0 aromatic heterocycles. The van der Waals surface area contributed by atoms with E-state index in [1.54, 1.807) is 42.5 Å².